The molecule has 0 saturated heterocycles. The van der Waals surface area contributed by atoms with Gasteiger partial charge in [0, 0.05) is 5.56 Å². The van der Waals surface area contributed by atoms with Gasteiger partial charge >= 0.3 is 0 Å². The summed E-state index contributed by atoms with van der Waals surface area (Å²) in [5.41, 5.74) is 9.71. The Morgan fingerprint density at radius 3 is 2.62 bits per heavy atom. The van der Waals surface area contributed by atoms with Gasteiger partial charge in [0.2, 0.25) is 5.95 Å². The van der Waals surface area contributed by atoms with Gasteiger partial charge in [-0.25, -0.2) is 9.97 Å². The van der Waals surface area contributed by atoms with Gasteiger partial charge in [0.25, 0.3) is 0 Å². The van der Waals surface area contributed by atoms with Crippen LogP contribution in [0.3, 0.4) is 0 Å². The average molecular weight is 317 g/mol. The number of imidazole rings is 1. The number of ether oxygens (including phenoxy) is 1. The summed E-state index contributed by atoms with van der Waals surface area (Å²) in [6.45, 7) is 0.477. The highest BCUT2D eigenvalue weighted by Crippen LogP contribution is 2.32. The van der Waals surface area contributed by atoms with Crippen molar-refractivity contribution in [3.8, 4) is 17.0 Å². The van der Waals surface area contributed by atoms with E-state index in [2.05, 4.69) is 19.9 Å². The number of hydrogen-bond donors (Lipinski definition) is 2. The second kappa shape index (κ2) is 6.00. The molecule has 0 amide bonds. The highest BCUT2D eigenvalue weighted by molar-refractivity contribution is 5.89. The predicted octanol–water partition coefficient (Wildman–Crippen LogP) is 3.18. The quantitative estimate of drug-likeness (QED) is 0.603. The van der Waals surface area contributed by atoms with E-state index in [0.717, 1.165) is 22.4 Å². The number of para-hydroxylation sites is 1. The van der Waals surface area contributed by atoms with Crippen LogP contribution >= 0.6 is 0 Å². The lowest BCUT2D eigenvalue weighted by atomic mass is 10.1. The summed E-state index contributed by atoms with van der Waals surface area (Å²) < 4.78 is 6.01. The lowest BCUT2D eigenvalue weighted by molar-refractivity contribution is 0.307. The molecule has 6 nitrogen and oxygen atoms in total. The van der Waals surface area contributed by atoms with Crippen LogP contribution < -0.4 is 10.5 Å². The van der Waals surface area contributed by atoms with Crippen LogP contribution in [0.15, 0.2) is 60.9 Å². The van der Waals surface area contributed by atoms with Gasteiger partial charge in [-0.3, -0.25) is 0 Å². The molecule has 118 valence electrons. The third-order valence-electron chi connectivity index (χ3n) is 3.68. The Balaban J connectivity index is 1.74. The summed E-state index contributed by atoms with van der Waals surface area (Å²) in [6, 6.07) is 17.7. The zero-order valence-electron chi connectivity index (χ0n) is 12.8. The standard InChI is InChI=1S/C18H15N5O/c19-18-22-15(16-17(23-18)21-11-20-16)13-8-4-5-9-14(13)24-10-12-6-2-1-3-7-12/h1-9,11H,10H2,(H3,19,20,21,22,23). The van der Waals surface area contributed by atoms with Gasteiger partial charge in [-0.2, -0.15) is 4.98 Å². The Bertz CT molecular complexity index is 981. The van der Waals surface area contributed by atoms with Gasteiger partial charge in [0.1, 0.15) is 23.6 Å². The van der Waals surface area contributed by atoms with Crippen LogP contribution in [0.25, 0.3) is 22.4 Å². The first-order valence-electron chi connectivity index (χ1n) is 7.54. The van der Waals surface area contributed by atoms with Gasteiger partial charge in [-0.05, 0) is 17.7 Å². The maximum atomic E-state index is 6.01. The fraction of sp³-hybridized carbons (Fsp3) is 0.0556. The van der Waals surface area contributed by atoms with Crippen molar-refractivity contribution in [3.63, 3.8) is 0 Å². The number of nitrogen functional groups attached to an aromatic ring is 1. The van der Waals surface area contributed by atoms with E-state index in [1.165, 1.54) is 0 Å². The van der Waals surface area contributed by atoms with Gasteiger partial charge < -0.3 is 15.5 Å². The highest BCUT2D eigenvalue weighted by Gasteiger charge is 2.14. The van der Waals surface area contributed by atoms with Gasteiger partial charge in [0.05, 0.1) is 6.33 Å². The molecule has 0 unspecified atom stereocenters. The molecule has 6 heteroatoms. The lowest BCUT2D eigenvalue weighted by Crippen LogP contribution is -2.00. The molecule has 0 fully saturated rings. The van der Waals surface area contributed by atoms with Crippen molar-refractivity contribution in [2.75, 3.05) is 5.73 Å². The summed E-state index contributed by atoms with van der Waals surface area (Å²) in [5, 5.41) is 0. The predicted molar refractivity (Wildman–Crippen MR) is 92.3 cm³/mol. The molecule has 0 spiro atoms. The van der Waals surface area contributed by atoms with Crippen molar-refractivity contribution in [1.29, 1.82) is 0 Å². The fourth-order valence-corrected chi connectivity index (χ4v) is 2.57. The first-order chi connectivity index (χ1) is 11.8. The largest absolute Gasteiger partial charge is 0.488 e. The number of nitrogens with zero attached hydrogens (tertiary/aromatic N) is 3. The number of benzene rings is 2. The van der Waals surface area contributed by atoms with E-state index in [4.69, 9.17) is 10.5 Å². The topological polar surface area (TPSA) is 89.7 Å². The number of fused-ring (bicyclic) bond motifs is 1. The molecule has 0 aliphatic rings. The van der Waals surface area contributed by atoms with E-state index >= 15 is 0 Å². The molecule has 0 aliphatic carbocycles. The Morgan fingerprint density at radius 2 is 1.75 bits per heavy atom. The third kappa shape index (κ3) is 2.65. The van der Waals surface area contributed by atoms with Crippen molar-refractivity contribution < 1.29 is 4.74 Å². The van der Waals surface area contributed by atoms with E-state index in [1.807, 2.05) is 54.6 Å². The molecule has 2 aromatic carbocycles. The van der Waals surface area contributed by atoms with Crippen LogP contribution in [0.2, 0.25) is 0 Å². The molecule has 0 aliphatic heterocycles. The first kappa shape index (κ1) is 14.2. The molecule has 4 aromatic rings. The maximum absolute atomic E-state index is 6.01. The SMILES string of the molecule is Nc1nc(-c2ccccc2OCc2ccccc2)c2[nH]cnc2n1. The average Bonchev–Trinajstić information content (AvgIpc) is 3.09. The minimum Gasteiger partial charge on any atom is -0.488 e. The Labute approximate surface area is 138 Å². The number of aromatic amines is 1. The number of anilines is 1. The number of H-pyrrole nitrogens is 1. The lowest BCUT2D eigenvalue weighted by Gasteiger charge is -2.12. The van der Waals surface area contributed by atoms with E-state index in [0.29, 0.717) is 17.9 Å². The molecule has 4 rings (SSSR count). The summed E-state index contributed by atoms with van der Waals surface area (Å²) in [6.07, 6.45) is 1.58. The molecule has 0 radical (unpaired) electrons. The second-order valence-electron chi connectivity index (χ2n) is 5.30. The van der Waals surface area contributed by atoms with Crippen molar-refractivity contribution in [1.82, 2.24) is 19.9 Å². The molecule has 0 saturated carbocycles. The Hall–Kier alpha value is -3.41. The summed E-state index contributed by atoms with van der Waals surface area (Å²) in [5.74, 6) is 0.915. The molecule has 3 N–H and O–H groups in total. The van der Waals surface area contributed by atoms with Gasteiger partial charge in [-0.1, -0.05) is 42.5 Å². The summed E-state index contributed by atoms with van der Waals surface area (Å²) in [4.78, 5) is 15.7. The van der Waals surface area contributed by atoms with Crippen molar-refractivity contribution >= 4 is 17.1 Å². The maximum Gasteiger partial charge on any atom is 0.222 e. The van der Waals surface area contributed by atoms with E-state index in [9.17, 15) is 0 Å². The van der Waals surface area contributed by atoms with E-state index < -0.39 is 0 Å². The van der Waals surface area contributed by atoms with Crippen molar-refractivity contribution in [2.45, 2.75) is 6.61 Å². The van der Waals surface area contributed by atoms with Crippen LogP contribution in [-0.4, -0.2) is 19.9 Å². The minimum absolute atomic E-state index is 0.183. The molecular weight excluding hydrogens is 302 g/mol. The van der Waals surface area contributed by atoms with Crippen LogP contribution in [0.5, 0.6) is 5.75 Å². The number of hydrogen-bond acceptors (Lipinski definition) is 5. The number of rotatable bonds is 4. The van der Waals surface area contributed by atoms with Crippen LogP contribution in [-0.2, 0) is 6.61 Å². The molecule has 24 heavy (non-hydrogen) atoms. The summed E-state index contributed by atoms with van der Waals surface area (Å²) >= 11 is 0. The van der Waals surface area contributed by atoms with Gasteiger partial charge in [-0.15, -0.1) is 0 Å². The van der Waals surface area contributed by atoms with Crippen LogP contribution in [0.4, 0.5) is 5.95 Å². The van der Waals surface area contributed by atoms with E-state index in [-0.39, 0.29) is 5.95 Å². The summed E-state index contributed by atoms with van der Waals surface area (Å²) in [7, 11) is 0. The van der Waals surface area contributed by atoms with Gasteiger partial charge in [0.15, 0.2) is 5.65 Å². The number of aromatic nitrogens is 4. The Morgan fingerprint density at radius 1 is 0.958 bits per heavy atom. The third-order valence-corrected chi connectivity index (χ3v) is 3.68. The molecule has 2 aromatic heterocycles. The number of nitrogens with one attached hydrogen (secondary N) is 1. The van der Waals surface area contributed by atoms with Crippen LogP contribution in [0, 0.1) is 0 Å². The van der Waals surface area contributed by atoms with Crippen molar-refractivity contribution in [2.24, 2.45) is 0 Å². The number of nitrogens with two attached hydrogens (primary N) is 1. The molecule has 2 heterocycles. The second-order valence-corrected chi connectivity index (χ2v) is 5.30. The molecule has 0 bridgehead atoms. The fourth-order valence-electron chi connectivity index (χ4n) is 2.57. The highest BCUT2D eigenvalue weighted by atomic mass is 16.5. The molecular formula is C18H15N5O. The van der Waals surface area contributed by atoms with Crippen LogP contribution in [0.1, 0.15) is 5.56 Å². The normalized spacial score (nSPS) is 10.8. The molecule has 0 atom stereocenters. The first-order valence-corrected chi connectivity index (χ1v) is 7.54. The minimum atomic E-state index is 0.183. The monoisotopic (exact) mass is 317 g/mol. The van der Waals surface area contributed by atoms with E-state index in [1.54, 1.807) is 6.33 Å². The Kier molecular flexibility index (Phi) is 3.55. The smallest absolute Gasteiger partial charge is 0.222 e. The van der Waals surface area contributed by atoms with Crippen molar-refractivity contribution in [3.05, 3.63) is 66.5 Å². The zero-order valence-corrected chi connectivity index (χ0v) is 12.8. The zero-order chi connectivity index (χ0) is 16.4.